The van der Waals surface area contributed by atoms with Crippen molar-refractivity contribution >= 4 is 22.6 Å². The number of ketones is 1. The molecule has 0 saturated carbocycles. The summed E-state index contributed by atoms with van der Waals surface area (Å²) < 4.78 is 1.89. The smallest absolute Gasteiger partial charge is 0.197 e. The Morgan fingerprint density at radius 3 is 3.00 bits per heavy atom. The Labute approximate surface area is 113 Å². The van der Waals surface area contributed by atoms with Crippen molar-refractivity contribution in [2.45, 2.75) is 6.42 Å². The molecule has 5 heteroatoms. The van der Waals surface area contributed by atoms with Crippen LogP contribution in [0.15, 0.2) is 41.9 Å². The van der Waals surface area contributed by atoms with Gasteiger partial charge in [-0.1, -0.05) is 12.1 Å². The second kappa shape index (κ2) is 4.67. The van der Waals surface area contributed by atoms with E-state index >= 15 is 0 Å². The molecule has 0 amide bonds. The number of Topliss-reactive ketones (excluding diaryl/α,β-unsaturated/α-hetero) is 1. The maximum atomic E-state index is 11.9. The monoisotopic (exact) mass is 267 g/mol. The number of rotatable bonds is 3. The SMILES string of the molecule is N#CCC(=O)c1nc(-c2cccs2)n2ccccc12. The minimum absolute atomic E-state index is 0.147. The number of nitriles is 1. The van der Waals surface area contributed by atoms with Crippen LogP contribution in [-0.2, 0) is 0 Å². The standard InChI is InChI=1S/C14H9N3OS/c15-7-6-11(18)13-10-4-1-2-8-17(10)14(16-13)12-5-3-9-19-12/h1-5,8-9H,6H2. The summed E-state index contributed by atoms with van der Waals surface area (Å²) in [6.07, 6.45) is 1.73. The van der Waals surface area contributed by atoms with Gasteiger partial charge in [-0.3, -0.25) is 9.20 Å². The van der Waals surface area contributed by atoms with Gasteiger partial charge >= 0.3 is 0 Å². The van der Waals surface area contributed by atoms with Gasteiger partial charge in [0.1, 0.15) is 12.1 Å². The summed E-state index contributed by atoms with van der Waals surface area (Å²) >= 11 is 1.57. The second-order valence-electron chi connectivity index (χ2n) is 3.98. The number of pyridine rings is 1. The number of imidazole rings is 1. The predicted molar refractivity (Wildman–Crippen MR) is 73.1 cm³/mol. The third-order valence-corrected chi connectivity index (χ3v) is 3.66. The number of hydrogen-bond donors (Lipinski definition) is 0. The van der Waals surface area contributed by atoms with Gasteiger partial charge < -0.3 is 0 Å². The van der Waals surface area contributed by atoms with Gasteiger partial charge in [-0.2, -0.15) is 5.26 Å². The van der Waals surface area contributed by atoms with Crippen LogP contribution in [0.5, 0.6) is 0 Å². The highest BCUT2D eigenvalue weighted by atomic mass is 32.1. The Bertz CT molecular complexity index is 781. The molecule has 0 aliphatic rings. The van der Waals surface area contributed by atoms with E-state index in [4.69, 9.17) is 5.26 Å². The Morgan fingerprint density at radius 2 is 2.26 bits per heavy atom. The topological polar surface area (TPSA) is 58.2 Å². The lowest BCUT2D eigenvalue weighted by Gasteiger charge is -1.97. The molecule has 0 fully saturated rings. The quantitative estimate of drug-likeness (QED) is 0.685. The molecule has 4 nitrogen and oxygen atoms in total. The first-order valence-corrected chi connectivity index (χ1v) is 6.60. The maximum Gasteiger partial charge on any atom is 0.197 e. The molecule has 92 valence electrons. The van der Waals surface area contributed by atoms with Crippen LogP contribution in [0.2, 0.25) is 0 Å². The van der Waals surface area contributed by atoms with Crippen LogP contribution in [0, 0.1) is 11.3 Å². The Balaban J connectivity index is 2.25. The minimum atomic E-state index is -0.242. The van der Waals surface area contributed by atoms with Crippen molar-refractivity contribution in [1.82, 2.24) is 9.38 Å². The van der Waals surface area contributed by atoms with Crippen LogP contribution in [-0.4, -0.2) is 15.2 Å². The van der Waals surface area contributed by atoms with Crippen molar-refractivity contribution in [3.8, 4) is 16.8 Å². The lowest BCUT2D eigenvalue weighted by atomic mass is 10.2. The molecule has 0 aromatic carbocycles. The van der Waals surface area contributed by atoms with Crippen molar-refractivity contribution < 1.29 is 4.79 Å². The Kier molecular flexibility index (Phi) is 2.86. The molecule has 0 N–H and O–H groups in total. The first-order valence-electron chi connectivity index (χ1n) is 5.72. The number of carbonyl (C=O) groups is 1. The number of hydrogen-bond acceptors (Lipinski definition) is 4. The number of nitrogens with zero attached hydrogens (tertiary/aromatic N) is 3. The molecule has 0 bridgehead atoms. The number of carbonyl (C=O) groups excluding carboxylic acids is 1. The fourth-order valence-corrected chi connectivity index (χ4v) is 2.69. The zero-order valence-corrected chi connectivity index (χ0v) is 10.7. The van der Waals surface area contributed by atoms with Crippen LogP contribution in [0.1, 0.15) is 16.9 Å². The summed E-state index contributed by atoms with van der Waals surface area (Å²) in [5.41, 5.74) is 1.11. The first-order chi connectivity index (χ1) is 9.31. The summed E-state index contributed by atoms with van der Waals surface area (Å²) in [7, 11) is 0. The fraction of sp³-hybridized carbons (Fsp3) is 0.0714. The lowest BCUT2D eigenvalue weighted by molar-refractivity contribution is 0.0995. The van der Waals surface area contributed by atoms with E-state index < -0.39 is 0 Å². The average Bonchev–Trinajstić information content (AvgIpc) is 3.06. The second-order valence-corrected chi connectivity index (χ2v) is 4.92. The molecule has 0 saturated heterocycles. The van der Waals surface area contributed by atoms with Crippen LogP contribution >= 0.6 is 11.3 Å². The van der Waals surface area contributed by atoms with E-state index in [0.717, 1.165) is 16.2 Å². The van der Waals surface area contributed by atoms with E-state index in [0.29, 0.717) is 5.69 Å². The highest BCUT2D eigenvalue weighted by Gasteiger charge is 2.18. The van der Waals surface area contributed by atoms with E-state index in [1.807, 2.05) is 52.4 Å². The summed E-state index contributed by atoms with van der Waals surface area (Å²) in [6.45, 7) is 0. The van der Waals surface area contributed by atoms with Crippen molar-refractivity contribution in [1.29, 1.82) is 5.26 Å². The van der Waals surface area contributed by atoms with E-state index in [1.165, 1.54) is 0 Å². The fourth-order valence-electron chi connectivity index (χ4n) is 1.98. The Hall–Kier alpha value is -2.45. The molecular formula is C14H9N3OS. The van der Waals surface area contributed by atoms with Gasteiger partial charge in [-0.15, -0.1) is 11.3 Å². The van der Waals surface area contributed by atoms with E-state index in [9.17, 15) is 4.79 Å². The molecular weight excluding hydrogens is 258 g/mol. The number of aromatic nitrogens is 2. The molecule has 0 unspecified atom stereocenters. The van der Waals surface area contributed by atoms with Crippen LogP contribution in [0.25, 0.3) is 16.2 Å². The molecule has 19 heavy (non-hydrogen) atoms. The zero-order chi connectivity index (χ0) is 13.2. The van der Waals surface area contributed by atoms with E-state index in [1.54, 1.807) is 11.3 Å². The largest absolute Gasteiger partial charge is 0.298 e. The molecule has 0 aliphatic heterocycles. The normalized spacial score (nSPS) is 10.5. The molecule has 0 atom stereocenters. The zero-order valence-electron chi connectivity index (χ0n) is 9.91. The van der Waals surface area contributed by atoms with Gasteiger partial charge in [0.25, 0.3) is 0 Å². The average molecular weight is 267 g/mol. The maximum absolute atomic E-state index is 11.9. The van der Waals surface area contributed by atoms with E-state index in [2.05, 4.69) is 4.98 Å². The lowest BCUT2D eigenvalue weighted by Crippen LogP contribution is -1.98. The van der Waals surface area contributed by atoms with Crippen LogP contribution in [0.4, 0.5) is 0 Å². The number of thiophene rings is 1. The van der Waals surface area contributed by atoms with Gasteiger partial charge in [0.2, 0.25) is 0 Å². The van der Waals surface area contributed by atoms with Gasteiger partial charge in [0, 0.05) is 6.20 Å². The van der Waals surface area contributed by atoms with Gasteiger partial charge in [0.15, 0.2) is 11.6 Å². The third kappa shape index (κ3) is 1.92. The van der Waals surface area contributed by atoms with Crippen molar-refractivity contribution in [2.24, 2.45) is 0 Å². The van der Waals surface area contributed by atoms with Gasteiger partial charge in [0.05, 0.1) is 16.5 Å². The summed E-state index contributed by atoms with van der Waals surface area (Å²) in [6, 6.07) is 11.4. The third-order valence-electron chi connectivity index (χ3n) is 2.79. The molecule has 3 aromatic rings. The summed E-state index contributed by atoms with van der Waals surface area (Å²) in [4.78, 5) is 17.4. The van der Waals surface area contributed by atoms with Crippen LogP contribution in [0.3, 0.4) is 0 Å². The number of fused-ring (bicyclic) bond motifs is 1. The molecule has 3 rings (SSSR count). The predicted octanol–water partition coefficient (Wildman–Crippen LogP) is 3.16. The molecule has 0 radical (unpaired) electrons. The van der Waals surface area contributed by atoms with Gasteiger partial charge in [-0.25, -0.2) is 4.98 Å². The molecule has 0 aliphatic carbocycles. The van der Waals surface area contributed by atoms with E-state index in [-0.39, 0.29) is 12.2 Å². The molecule has 0 spiro atoms. The van der Waals surface area contributed by atoms with Crippen molar-refractivity contribution in [2.75, 3.05) is 0 Å². The van der Waals surface area contributed by atoms with Gasteiger partial charge in [-0.05, 0) is 23.6 Å². The highest BCUT2D eigenvalue weighted by Crippen LogP contribution is 2.26. The highest BCUT2D eigenvalue weighted by molar-refractivity contribution is 7.13. The molecule has 3 aromatic heterocycles. The summed E-state index contributed by atoms with van der Waals surface area (Å²) in [5, 5.41) is 10.6. The minimum Gasteiger partial charge on any atom is -0.298 e. The van der Waals surface area contributed by atoms with Crippen LogP contribution < -0.4 is 0 Å². The Morgan fingerprint density at radius 1 is 1.37 bits per heavy atom. The van der Waals surface area contributed by atoms with Crippen molar-refractivity contribution in [3.63, 3.8) is 0 Å². The summed E-state index contributed by atoms with van der Waals surface area (Å²) in [5.74, 6) is 0.501. The molecule has 3 heterocycles. The first kappa shape index (κ1) is 11.6. The van der Waals surface area contributed by atoms with Crippen molar-refractivity contribution in [3.05, 3.63) is 47.6 Å².